The zero-order valence-electron chi connectivity index (χ0n) is 7.09. The number of nitrogens with zero attached hydrogens (tertiary/aromatic N) is 1. The van der Waals surface area contributed by atoms with Crippen molar-refractivity contribution in [3.8, 4) is 0 Å². The van der Waals surface area contributed by atoms with Crippen molar-refractivity contribution in [2.24, 2.45) is 5.73 Å². The molecule has 0 amide bonds. The first kappa shape index (κ1) is 7.32. The van der Waals surface area contributed by atoms with E-state index in [0.29, 0.717) is 12.1 Å². The van der Waals surface area contributed by atoms with Crippen molar-refractivity contribution in [1.82, 2.24) is 4.90 Å². The van der Waals surface area contributed by atoms with Crippen molar-refractivity contribution in [1.29, 1.82) is 0 Å². The predicted molar refractivity (Wildman–Crippen MR) is 46.3 cm³/mol. The highest BCUT2D eigenvalue weighted by atomic mass is 15.2. The van der Waals surface area contributed by atoms with E-state index in [4.69, 9.17) is 5.73 Å². The molecule has 0 spiro atoms. The molecule has 3 atom stereocenters. The van der Waals surface area contributed by atoms with Gasteiger partial charge in [-0.15, -0.1) is 0 Å². The Bertz CT molecular complexity index is 188. The molecule has 2 N–H and O–H groups in total. The lowest BCUT2D eigenvalue weighted by molar-refractivity contribution is 0.218. The fourth-order valence-electron chi connectivity index (χ4n) is 2.55. The molecule has 0 aliphatic carbocycles. The van der Waals surface area contributed by atoms with Gasteiger partial charge in [0.1, 0.15) is 0 Å². The monoisotopic (exact) mass is 152 g/mol. The summed E-state index contributed by atoms with van der Waals surface area (Å²) in [6.07, 6.45) is 3.62. The van der Waals surface area contributed by atoms with Crippen LogP contribution in [0, 0.1) is 0 Å². The summed E-state index contributed by atoms with van der Waals surface area (Å²) in [5.74, 6) is 0. The summed E-state index contributed by atoms with van der Waals surface area (Å²) in [5.41, 5.74) is 7.34. The third-order valence-corrected chi connectivity index (χ3v) is 3.18. The molecule has 0 unspecified atom stereocenters. The lowest BCUT2D eigenvalue weighted by Crippen LogP contribution is -2.42. The SMILES string of the molecule is C=C1CC[C@@H]2C[C@@H](N)[C@H]1N2C. The van der Waals surface area contributed by atoms with E-state index in [-0.39, 0.29) is 0 Å². The zero-order valence-corrected chi connectivity index (χ0v) is 7.09. The Hall–Kier alpha value is -0.340. The number of fused-ring (bicyclic) bond motifs is 2. The first-order valence-electron chi connectivity index (χ1n) is 4.35. The molecule has 2 nitrogen and oxygen atoms in total. The average Bonchev–Trinajstić information content (AvgIpc) is 2.11. The van der Waals surface area contributed by atoms with Crippen LogP contribution in [0.4, 0.5) is 0 Å². The van der Waals surface area contributed by atoms with Crippen LogP contribution in [-0.4, -0.2) is 30.1 Å². The van der Waals surface area contributed by atoms with Crippen LogP contribution < -0.4 is 5.73 Å². The van der Waals surface area contributed by atoms with Gasteiger partial charge < -0.3 is 5.73 Å². The van der Waals surface area contributed by atoms with Crippen LogP contribution in [0.2, 0.25) is 0 Å². The molecular formula is C9H16N2. The molecule has 0 aromatic heterocycles. The van der Waals surface area contributed by atoms with Crippen LogP contribution in [0.1, 0.15) is 19.3 Å². The largest absolute Gasteiger partial charge is 0.326 e. The standard InChI is InChI=1S/C9H16N2/c1-6-3-4-7-5-8(10)9(6)11(7)2/h7-9H,1,3-5,10H2,2H3/t7-,8-,9+/m1/s1. The van der Waals surface area contributed by atoms with Crippen molar-refractivity contribution in [2.75, 3.05) is 7.05 Å². The number of rotatable bonds is 0. The number of hydrogen-bond donors (Lipinski definition) is 1. The van der Waals surface area contributed by atoms with Gasteiger partial charge in [0, 0.05) is 18.1 Å². The highest BCUT2D eigenvalue weighted by Crippen LogP contribution is 2.35. The van der Waals surface area contributed by atoms with Crippen LogP contribution in [0.15, 0.2) is 12.2 Å². The minimum absolute atomic E-state index is 0.347. The quantitative estimate of drug-likeness (QED) is 0.519. The van der Waals surface area contributed by atoms with Crippen molar-refractivity contribution >= 4 is 0 Å². The molecule has 2 aliphatic heterocycles. The van der Waals surface area contributed by atoms with Crippen molar-refractivity contribution in [3.05, 3.63) is 12.2 Å². The summed E-state index contributed by atoms with van der Waals surface area (Å²) in [6.45, 7) is 4.07. The minimum atomic E-state index is 0.347. The van der Waals surface area contributed by atoms with Crippen LogP contribution in [0.25, 0.3) is 0 Å². The molecule has 2 aliphatic rings. The molecule has 0 saturated carbocycles. The highest BCUT2D eigenvalue weighted by Gasteiger charge is 2.41. The first-order chi connectivity index (χ1) is 5.20. The minimum Gasteiger partial charge on any atom is -0.326 e. The van der Waals surface area contributed by atoms with E-state index in [1.807, 2.05) is 0 Å². The van der Waals surface area contributed by atoms with Crippen molar-refractivity contribution in [2.45, 2.75) is 37.4 Å². The Kier molecular flexibility index (Phi) is 1.55. The van der Waals surface area contributed by atoms with Crippen LogP contribution in [-0.2, 0) is 0 Å². The van der Waals surface area contributed by atoms with E-state index < -0.39 is 0 Å². The highest BCUT2D eigenvalue weighted by molar-refractivity contribution is 5.18. The molecule has 2 fully saturated rings. The van der Waals surface area contributed by atoms with E-state index in [1.165, 1.54) is 24.8 Å². The normalized spacial score (nSPS) is 44.9. The second kappa shape index (κ2) is 2.32. The molecule has 62 valence electrons. The maximum Gasteiger partial charge on any atom is 0.0456 e. The Morgan fingerprint density at radius 3 is 3.00 bits per heavy atom. The number of nitrogens with two attached hydrogens (primary N) is 1. The molecule has 2 heterocycles. The Morgan fingerprint density at radius 2 is 2.36 bits per heavy atom. The molecule has 2 saturated heterocycles. The summed E-state index contributed by atoms with van der Waals surface area (Å²) in [5, 5.41) is 0. The maximum absolute atomic E-state index is 6.00. The van der Waals surface area contributed by atoms with Gasteiger partial charge in [-0.05, 0) is 26.3 Å². The van der Waals surface area contributed by atoms with Crippen molar-refractivity contribution in [3.63, 3.8) is 0 Å². The fourth-order valence-corrected chi connectivity index (χ4v) is 2.55. The summed E-state index contributed by atoms with van der Waals surface area (Å²) >= 11 is 0. The molecule has 0 aromatic rings. The van der Waals surface area contributed by atoms with Crippen molar-refractivity contribution < 1.29 is 0 Å². The predicted octanol–water partition coefficient (Wildman–Crippen LogP) is 0.736. The summed E-state index contributed by atoms with van der Waals surface area (Å²) in [6, 6.07) is 1.56. The van der Waals surface area contributed by atoms with Crippen LogP contribution in [0.5, 0.6) is 0 Å². The first-order valence-corrected chi connectivity index (χ1v) is 4.35. The van der Waals surface area contributed by atoms with Gasteiger partial charge in [-0.1, -0.05) is 12.2 Å². The van der Waals surface area contributed by atoms with Gasteiger partial charge in [0.2, 0.25) is 0 Å². The number of piperidine rings is 1. The van der Waals surface area contributed by atoms with Gasteiger partial charge in [0.15, 0.2) is 0 Å². The molecule has 0 radical (unpaired) electrons. The molecule has 2 bridgehead atoms. The van der Waals surface area contributed by atoms with Crippen LogP contribution >= 0.6 is 0 Å². The molecule has 2 heteroatoms. The number of likely N-dealkylation sites (N-methyl/N-ethyl adjacent to an activating group) is 1. The average molecular weight is 152 g/mol. The number of hydrogen-bond acceptors (Lipinski definition) is 2. The third kappa shape index (κ3) is 0.932. The topological polar surface area (TPSA) is 29.3 Å². The Balaban J connectivity index is 2.25. The van der Waals surface area contributed by atoms with Gasteiger partial charge >= 0.3 is 0 Å². The Labute approximate surface area is 68.1 Å². The fraction of sp³-hybridized carbons (Fsp3) is 0.778. The molecule has 2 rings (SSSR count). The van der Waals surface area contributed by atoms with Gasteiger partial charge in [-0.25, -0.2) is 0 Å². The van der Waals surface area contributed by atoms with E-state index in [1.54, 1.807) is 0 Å². The Morgan fingerprint density at radius 1 is 1.64 bits per heavy atom. The van der Waals surface area contributed by atoms with E-state index in [9.17, 15) is 0 Å². The summed E-state index contributed by atoms with van der Waals surface area (Å²) in [4.78, 5) is 2.40. The van der Waals surface area contributed by atoms with Gasteiger partial charge in [-0.2, -0.15) is 0 Å². The molecular weight excluding hydrogens is 136 g/mol. The van der Waals surface area contributed by atoms with E-state index in [0.717, 1.165) is 6.04 Å². The maximum atomic E-state index is 6.00. The van der Waals surface area contributed by atoms with E-state index in [2.05, 4.69) is 18.5 Å². The second-order valence-corrected chi connectivity index (χ2v) is 3.86. The lowest BCUT2D eigenvalue weighted by Gasteiger charge is -2.33. The summed E-state index contributed by atoms with van der Waals surface area (Å²) < 4.78 is 0. The summed E-state index contributed by atoms with van der Waals surface area (Å²) in [7, 11) is 2.17. The zero-order chi connectivity index (χ0) is 8.01. The lowest BCUT2D eigenvalue weighted by atomic mass is 9.98. The van der Waals surface area contributed by atoms with Crippen LogP contribution in [0.3, 0.4) is 0 Å². The second-order valence-electron chi connectivity index (χ2n) is 3.86. The third-order valence-electron chi connectivity index (χ3n) is 3.18. The van der Waals surface area contributed by atoms with Gasteiger partial charge in [-0.3, -0.25) is 4.90 Å². The molecule has 11 heavy (non-hydrogen) atoms. The smallest absolute Gasteiger partial charge is 0.0456 e. The van der Waals surface area contributed by atoms with E-state index >= 15 is 0 Å². The van der Waals surface area contributed by atoms with Gasteiger partial charge in [0.05, 0.1) is 0 Å². The molecule has 0 aromatic carbocycles. The van der Waals surface area contributed by atoms with Gasteiger partial charge in [0.25, 0.3) is 0 Å².